The Morgan fingerprint density at radius 1 is 1.31 bits per heavy atom. The number of aliphatic hydroxyl groups excluding tert-OH is 1. The van der Waals surface area contributed by atoms with Crippen molar-refractivity contribution in [2.45, 2.75) is 43.4 Å². The summed E-state index contributed by atoms with van der Waals surface area (Å²) in [4.78, 5) is 32.4. The highest BCUT2D eigenvalue weighted by Gasteiger charge is 2.40. The molecule has 2 heterocycles. The first kappa shape index (κ1) is 19.1. The van der Waals surface area contributed by atoms with E-state index in [1.54, 1.807) is 24.5 Å². The van der Waals surface area contributed by atoms with Crippen molar-refractivity contribution in [2.24, 2.45) is 0 Å². The van der Waals surface area contributed by atoms with Gasteiger partial charge in [0.2, 0.25) is 0 Å². The highest BCUT2D eigenvalue weighted by molar-refractivity contribution is 6.01. The van der Waals surface area contributed by atoms with Crippen LogP contribution in [0.4, 0.5) is 5.69 Å². The second-order valence-corrected chi connectivity index (χ2v) is 7.60. The van der Waals surface area contributed by atoms with Crippen molar-refractivity contribution in [3.05, 3.63) is 59.9 Å². The Labute approximate surface area is 169 Å². The summed E-state index contributed by atoms with van der Waals surface area (Å²) >= 11 is 0. The lowest BCUT2D eigenvalue weighted by Gasteiger charge is -2.32. The molecule has 1 aromatic carbocycles. The summed E-state index contributed by atoms with van der Waals surface area (Å²) in [6.07, 6.45) is 7.61. The number of nitriles is 1. The van der Waals surface area contributed by atoms with E-state index >= 15 is 0 Å². The van der Waals surface area contributed by atoms with Crippen LogP contribution in [0.5, 0.6) is 0 Å². The fraction of sp³-hybridized carbons (Fsp3) is 0.364. The number of anilines is 1. The first-order valence-corrected chi connectivity index (χ1v) is 9.75. The van der Waals surface area contributed by atoms with Crippen molar-refractivity contribution in [2.75, 3.05) is 11.4 Å². The van der Waals surface area contributed by atoms with Crippen molar-refractivity contribution in [3.63, 3.8) is 0 Å². The Morgan fingerprint density at radius 2 is 2.07 bits per heavy atom. The maximum absolute atomic E-state index is 13.5. The minimum Gasteiger partial charge on any atom is -0.391 e. The van der Waals surface area contributed by atoms with Crippen molar-refractivity contribution in [3.8, 4) is 6.19 Å². The van der Waals surface area contributed by atoms with Crippen LogP contribution < -0.4 is 4.90 Å². The van der Waals surface area contributed by atoms with Crippen LogP contribution in [-0.2, 0) is 9.59 Å². The van der Waals surface area contributed by atoms with E-state index in [-0.39, 0.29) is 18.9 Å². The molecule has 0 radical (unpaired) electrons. The maximum atomic E-state index is 13.5. The first-order chi connectivity index (χ1) is 14.1. The number of β-amino-alcohol motifs (C(OH)–C–C–N with tert-alkyl or cyclic N) is 1. The maximum Gasteiger partial charge on any atom is 0.251 e. The molecular weight excluding hydrogens is 368 g/mol. The van der Waals surface area contributed by atoms with Gasteiger partial charge in [0.15, 0.2) is 6.19 Å². The Kier molecular flexibility index (Phi) is 5.28. The van der Waals surface area contributed by atoms with Crippen LogP contribution >= 0.6 is 0 Å². The molecule has 1 aromatic heterocycles. The molecule has 0 bridgehead atoms. The molecule has 1 saturated heterocycles. The van der Waals surface area contributed by atoms with Crippen molar-refractivity contribution in [1.82, 2.24) is 9.88 Å². The van der Waals surface area contributed by atoms with Gasteiger partial charge in [0.1, 0.15) is 18.4 Å². The molecule has 7 heteroatoms. The number of pyridine rings is 1. The lowest BCUT2D eigenvalue weighted by atomic mass is 10.0. The Balaban J connectivity index is 1.72. The number of aliphatic hydroxyl groups is 1. The molecule has 1 amide bonds. The molecule has 1 aliphatic carbocycles. The Morgan fingerprint density at radius 3 is 2.66 bits per heavy atom. The van der Waals surface area contributed by atoms with Crippen molar-refractivity contribution < 1.29 is 14.7 Å². The number of benzene rings is 1. The molecule has 1 saturated carbocycles. The lowest BCUT2D eigenvalue weighted by molar-refractivity contribution is -0.124. The van der Waals surface area contributed by atoms with Crippen LogP contribution in [0.2, 0.25) is 0 Å². The van der Waals surface area contributed by atoms with Gasteiger partial charge in [0.05, 0.1) is 12.6 Å². The van der Waals surface area contributed by atoms with E-state index in [9.17, 15) is 20.0 Å². The van der Waals surface area contributed by atoms with E-state index in [1.807, 2.05) is 30.5 Å². The second kappa shape index (κ2) is 8.02. The summed E-state index contributed by atoms with van der Waals surface area (Å²) in [5.41, 5.74) is 2.39. The van der Waals surface area contributed by atoms with Gasteiger partial charge in [-0.1, -0.05) is 18.2 Å². The highest BCUT2D eigenvalue weighted by Crippen LogP contribution is 2.41. The third-order valence-electron chi connectivity index (χ3n) is 5.58. The second-order valence-electron chi connectivity index (χ2n) is 7.60. The van der Waals surface area contributed by atoms with E-state index in [0.717, 1.165) is 0 Å². The summed E-state index contributed by atoms with van der Waals surface area (Å²) in [6.45, 7) is 0.111. The van der Waals surface area contributed by atoms with Gasteiger partial charge < -0.3 is 9.90 Å². The van der Waals surface area contributed by atoms with E-state index in [4.69, 9.17) is 0 Å². The zero-order valence-corrected chi connectivity index (χ0v) is 15.9. The number of aromatic nitrogens is 1. The van der Waals surface area contributed by atoms with E-state index < -0.39 is 18.2 Å². The predicted molar refractivity (Wildman–Crippen MR) is 106 cm³/mol. The number of likely N-dealkylation sites (tertiary alicyclic amines) is 1. The molecule has 1 aliphatic heterocycles. The summed E-state index contributed by atoms with van der Waals surface area (Å²) in [6, 6.07) is 9.45. The Bertz CT molecular complexity index is 921. The van der Waals surface area contributed by atoms with Crippen LogP contribution in [0.1, 0.15) is 42.3 Å². The van der Waals surface area contributed by atoms with Crippen molar-refractivity contribution in [1.29, 1.82) is 5.26 Å². The number of carbonyl (C=O) groups is 2. The number of aldehydes is 1. The van der Waals surface area contributed by atoms with Crippen LogP contribution in [0, 0.1) is 11.5 Å². The molecule has 2 aliphatic rings. The SMILES string of the molecule is N#CN1CC(O)CC1C(=O)N(c1ccc(C2CC2)cc1)C(C=O)c1cccnc1. The molecule has 0 spiro atoms. The first-order valence-electron chi connectivity index (χ1n) is 9.75. The van der Waals surface area contributed by atoms with Crippen LogP contribution in [0.3, 0.4) is 0 Å². The average molecular weight is 390 g/mol. The molecule has 3 atom stereocenters. The van der Waals surface area contributed by atoms with Crippen LogP contribution in [-0.4, -0.2) is 45.9 Å². The van der Waals surface area contributed by atoms with Gasteiger partial charge in [-0.2, -0.15) is 5.26 Å². The number of rotatable bonds is 6. The van der Waals surface area contributed by atoms with Gasteiger partial charge in [0.25, 0.3) is 5.91 Å². The largest absolute Gasteiger partial charge is 0.391 e. The molecule has 1 N–H and O–H groups in total. The number of hydrogen-bond donors (Lipinski definition) is 1. The number of hydrogen-bond acceptors (Lipinski definition) is 6. The molecule has 4 rings (SSSR count). The zero-order chi connectivity index (χ0) is 20.4. The highest BCUT2D eigenvalue weighted by atomic mass is 16.3. The van der Waals surface area contributed by atoms with E-state index in [0.29, 0.717) is 23.5 Å². The summed E-state index contributed by atoms with van der Waals surface area (Å²) in [7, 11) is 0. The molecule has 148 valence electrons. The topological polar surface area (TPSA) is 97.5 Å². The third-order valence-corrected chi connectivity index (χ3v) is 5.58. The minimum atomic E-state index is -0.874. The molecule has 7 nitrogen and oxygen atoms in total. The van der Waals surface area contributed by atoms with Gasteiger partial charge in [-0.25, -0.2) is 0 Å². The Hall–Kier alpha value is -3.24. The summed E-state index contributed by atoms with van der Waals surface area (Å²) in [5.74, 6) is 0.190. The van der Waals surface area contributed by atoms with Gasteiger partial charge in [-0.15, -0.1) is 0 Å². The number of amides is 1. The zero-order valence-electron chi connectivity index (χ0n) is 15.9. The van der Waals surface area contributed by atoms with E-state index in [1.165, 1.54) is 28.2 Å². The molecule has 2 aromatic rings. The molecular formula is C22H22N4O3. The summed E-state index contributed by atoms with van der Waals surface area (Å²) < 4.78 is 0. The van der Waals surface area contributed by atoms with E-state index in [2.05, 4.69) is 4.98 Å². The van der Waals surface area contributed by atoms with Crippen LogP contribution in [0.25, 0.3) is 0 Å². The summed E-state index contributed by atoms with van der Waals surface area (Å²) in [5, 5.41) is 19.4. The number of carbonyl (C=O) groups excluding carboxylic acids is 2. The van der Waals surface area contributed by atoms with Gasteiger partial charge in [-0.05, 0) is 42.5 Å². The smallest absolute Gasteiger partial charge is 0.251 e. The van der Waals surface area contributed by atoms with Crippen molar-refractivity contribution >= 4 is 17.9 Å². The van der Waals surface area contributed by atoms with Gasteiger partial charge in [-0.3, -0.25) is 19.6 Å². The molecule has 29 heavy (non-hydrogen) atoms. The fourth-order valence-electron chi connectivity index (χ4n) is 3.91. The minimum absolute atomic E-state index is 0.111. The normalized spacial score (nSPS) is 22.0. The molecule has 3 unspecified atom stereocenters. The molecule has 2 fully saturated rings. The van der Waals surface area contributed by atoms with Gasteiger partial charge in [0, 0.05) is 30.1 Å². The van der Waals surface area contributed by atoms with Gasteiger partial charge >= 0.3 is 0 Å². The third kappa shape index (κ3) is 3.84. The quantitative estimate of drug-likeness (QED) is 0.600. The standard InChI is InChI=1S/C22H22N4O3/c23-14-25-12-19(28)10-20(25)22(29)26(21(13-27)17-2-1-9-24-11-17)18-7-5-16(6-8-18)15-3-4-15/h1-2,5-9,11,13,15,19-21,28H,3-4,10,12H2. The fourth-order valence-corrected chi connectivity index (χ4v) is 3.91. The number of nitrogens with zero attached hydrogens (tertiary/aromatic N) is 4. The van der Waals surface area contributed by atoms with Crippen LogP contribution in [0.15, 0.2) is 48.8 Å². The lowest BCUT2D eigenvalue weighted by Crippen LogP contribution is -2.46. The predicted octanol–water partition coefficient (Wildman–Crippen LogP) is 2.15. The average Bonchev–Trinajstić information content (AvgIpc) is 3.54. The monoisotopic (exact) mass is 390 g/mol.